The van der Waals surface area contributed by atoms with Gasteiger partial charge in [-0.3, -0.25) is 0 Å². The van der Waals surface area contributed by atoms with E-state index in [1.165, 1.54) is 12.8 Å². The molecule has 0 spiro atoms. The maximum absolute atomic E-state index is 10.2. The molecular weight excluding hydrogens is 190 g/mol. The molecule has 3 nitrogen and oxygen atoms in total. The Morgan fingerprint density at radius 3 is 2.60 bits per heavy atom. The third kappa shape index (κ3) is 2.71. The van der Waals surface area contributed by atoms with Gasteiger partial charge in [0.2, 0.25) is 0 Å². The Hall–Kier alpha value is -0.120. The molecule has 1 unspecified atom stereocenters. The number of hydrogen-bond acceptors (Lipinski definition) is 3. The van der Waals surface area contributed by atoms with Crippen LogP contribution in [0.2, 0.25) is 0 Å². The van der Waals surface area contributed by atoms with Crippen LogP contribution >= 0.6 is 0 Å². The fourth-order valence-corrected chi connectivity index (χ4v) is 2.71. The van der Waals surface area contributed by atoms with Crippen molar-refractivity contribution in [3.63, 3.8) is 0 Å². The van der Waals surface area contributed by atoms with Crippen molar-refractivity contribution in [2.75, 3.05) is 19.7 Å². The summed E-state index contributed by atoms with van der Waals surface area (Å²) < 4.78 is 5.44. The van der Waals surface area contributed by atoms with E-state index in [1.54, 1.807) is 0 Å². The van der Waals surface area contributed by atoms with Crippen molar-refractivity contribution in [3.05, 3.63) is 0 Å². The molecule has 1 saturated carbocycles. The summed E-state index contributed by atoms with van der Waals surface area (Å²) in [5.41, 5.74) is 0.0441. The Kier molecular flexibility index (Phi) is 3.65. The number of aliphatic hydroxyl groups excluding tert-OH is 1. The highest BCUT2D eigenvalue weighted by Crippen LogP contribution is 2.46. The fraction of sp³-hybridized carbons (Fsp3) is 1.00. The van der Waals surface area contributed by atoms with E-state index in [0.29, 0.717) is 6.61 Å². The van der Waals surface area contributed by atoms with E-state index >= 15 is 0 Å². The summed E-state index contributed by atoms with van der Waals surface area (Å²) in [4.78, 5) is 0. The lowest BCUT2D eigenvalue weighted by Gasteiger charge is -2.41. The van der Waals surface area contributed by atoms with Gasteiger partial charge < -0.3 is 15.2 Å². The highest BCUT2D eigenvalue weighted by molar-refractivity contribution is 4.92. The molecule has 1 aliphatic carbocycles. The second-order valence-corrected chi connectivity index (χ2v) is 5.07. The van der Waals surface area contributed by atoms with E-state index in [-0.39, 0.29) is 5.41 Å². The molecule has 1 saturated heterocycles. The minimum absolute atomic E-state index is 0.0441. The molecule has 2 rings (SSSR count). The monoisotopic (exact) mass is 213 g/mol. The van der Waals surface area contributed by atoms with Gasteiger partial charge in [-0.05, 0) is 45.2 Å². The van der Waals surface area contributed by atoms with Crippen LogP contribution in [0.1, 0.15) is 39.0 Å². The lowest BCUT2D eigenvalue weighted by Crippen LogP contribution is -2.46. The van der Waals surface area contributed by atoms with E-state index in [0.717, 1.165) is 38.3 Å². The van der Waals surface area contributed by atoms with Crippen LogP contribution in [0.5, 0.6) is 0 Å². The van der Waals surface area contributed by atoms with Crippen molar-refractivity contribution < 1.29 is 9.84 Å². The number of ether oxygens (including phenoxy) is 1. The Balaban J connectivity index is 1.98. The van der Waals surface area contributed by atoms with E-state index in [1.807, 2.05) is 6.92 Å². The molecule has 2 N–H and O–H groups in total. The smallest absolute Gasteiger partial charge is 0.160 e. The number of nitrogens with one attached hydrogen (secondary N) is 1. The van der Waals surface area contributed by atoms with E-state index in [2.05, 4.69) is 5.32 Å². The first-order valence-electron chi connectivity index (χ1n) is 6.27. The average Bonchev–Trinajstić information content (AvgIpc) is 3.03. The summed E-state index contributed by atoms with van der Waals surface area (Å²) in [6, 6.07) is 0. The van der Waals surface area contributed by atoms with Gasteiger partial charge in [-0.25, -0.2) is 0 Å². The summed E-state index contributed by atoms with van der Waals surface area (Å²) in [5.74, 6) is 0.859. The van der Waals surface area contributed by atoms with Gasteiger partial charge in [0, 0.05) is 12.0 Å². The first-order chi connectivity index (χ1) is 7.27. The topological polar surface area (TPSA) is 41.5 Å². The minimum atomic E-state index is -0.551. The van der Waals surface area contributed by atoms with Gasteiger partial charge in [-0.2, -0.15) is 0 Å². The molecule has 2 fully saturated rings. The Morgan fingerprint density at radius 2 is 2.07 bits per heavy atom. The van der Waals surface area contributed by atoms with Crippen LogP contribution in [0.4, 0.5) is 0 Å². The molecule has 0 aromatic carbocycles. The number of rotatable bonds is 5. The van der Waals surface area contributed by atoms with Crippen LogP contribution in [0.15, 0.2) is 0 Å². The van der Waals surface area contributed by atoms with Crippen molar-refractivity contribution in [2.45, 2.75) is 45.3 Å². The summed E-state index contributed by atoms with van der Waals surface area (Å²) in [5, 5.41) is 13.5. The fourth-order valence-electron chi connectivity index (χ4n) is 2.71. The van der Waals surface area contributed by atoms with Crippen LogP contribution in [-0.4, -0.2) is 31.1 Å². The van der Waals surface area contributed by atoms with Crippen LogP contribution in [0, 0.1) is 11.3 Å². The van der Waals surface area contributed by atoms with Gasteiger partial charge in [-0.1, -0.05) is 12.8 Å². The van der Waals surface area contributed by atoms with Crippen molar-refractivity contribution >= 4 is 0 Å². The van der Waals surface area contributed by atoms with Crippen LogP contribution in [0.3, 0.4) is 0 Å². The van der Waals surface area contributed by atoms with Gasteiger partial charge >= 0.3 is 0 Å². The largest absolute Gasteiger partial charge is 0.367 e. The second-order valence-electron chi connectivity index (χ2n) is 5.07. The molecule has 0 amide bonds. The Morgan fingerprint density at radius 1 is 1.40 bits per heavy atom. The van der Waals surface area contributed by atoms with Crippen molar-refractivity contribution in [3.8, 4) is 0 Å². The van der Waals surface area contributed by atoms with E-state index < -0.39 is 6.29 Å². The molecular formula is C12H23NO2. The summed E-state index contributed by atoms with van der Waals surface area (Å²) >= 11 is 0. The van der Waals surface area contributed by atoms with Gasteiger partial charge in [0.15, 0.2) is 6.29 Å². The van der Waals surface area contributed by atoms with Crippen molar-refractivity contribution in [1.82, 2.24) is 5.32 Å². The predicted octanol–water partition coefficient (Wildman–Crippen LogP) is 1.51. The number of aliphatic hydroxyl groups is 1. The maximum atomic E-state index is 10.2. The molecule has 1 heterocycles. The first kappa shape index (κ1) is 11.4. The quantitative estimate of drug-likeness (QED) is 0.680. The third-order valence-corrected chi connectivity index (χ3v) is 3.84. The van der Waals surface area contributed by atoms with Gasteiger partial charge in [-0.15, -0.1) is 0 Å². The molecule has 0 bridgehead atoms. The Labute approximate surface area is 92.2 Å². The van der Waals surface area contributed by atoms with E-state index in [9.17, 15) is 5.11 Å². The molecule has 15 heavy (non-hydrogen) atoms. The third-order valence-electron chi connectivity index (χ3n) is 3.84. The number of piperidine rings is 1. The molecule has 1 atom stereocenters. The normalized spacial score (nSPS) is 27.6. The van der Waals surface area contributed by atoms with E-state index in [4.69, 9.17) is 4.74 Å². The predicted molar refractivity (Wildman–Crippen MR) is 59.5 cm³/mol. The Bertz CT molecular complexity index is 198. The lowest BCUT2D eigenvalue weighted by molar-refractivity contribution is -0.185. The van der Waals surface area contributed by atoms with Gasteiger partial charge in [0.05, 0.1) is 0 Å². The summed E-state index contributed by atoms with van der Waals surface area (Å²) in [7, 11) is 0. The summed E-state index contributed by atoms with van der Waals surface area (Å²) in [6.45, 7) is 4.61. The maximum Gasteiger partial charge on any atom is 0.160 e. The first-order valence-corrected chi connectivity index (χ1v) is 6.27. The number of hydrogen-bond donors (Lipinski definition) is 2. The molecule has 88 valence electrons. The van der Waals surface area contributed by atoms with Crippen molar-refractivity contribution in [2.24, 2.45) is 11.3 Å². The minimum Gasteiger partial charge on any atom is -0.367 e. The van der Waals surface area contributed by atoms with Crippen LogP contribution in [-0.2, 0) is 4.74 Å². The zero-order valence-corrected chi connectivity index (χ0v) is 9.67. The molecule has 0 aromatic rings. The molecule has 0 radical (unpaired) electrons. The molecule has 2 aliphatic rings. The average molecular weight is 213 g/mol. The highest BCUT2D eigenvalue weighted by atomic mass is 16.6. The van der Waals surface area contributed by atoms with Crippen LogP contribution < -0.4 is 5.32 Å². The zero-order chi connectivity index (χ0) is 10.7. The van der Waals surface area contributed by atoms with Crippen LogP contribution in [0.25, 0.3) is 0 Å². The SMILES string of the molecule is CCOC(O)C1(CC2CC2)CCNCC1. The standard InChI is InChI=1S/C12H23NO2/c1-2-15-11(14)12(9-10-3-4-10)5-7-13-8-6-12/h10-11,13-14H,2-9H2,1H3. The molecule has 3 heteroatoms. The van der Waals surface area contributed by atoms with Crippen molar-refractivity contribution in [1.29, 1.82) is 0 Å². The van der Waals surface area contributed by atoms with Gasteiger partial charge in [0.1, 0.15) is 0 Å². The summed E-state index contributed by atoms with van der Waals surface area (Å²) in [6.07, 6.45) is 5.44. The lowest BCUT2D eigenvalue weighted by atomic mass is 9.74. The zero-order valence-electron chi connectivity index (χ0n) is 9.67. The molecule has 1 aliphatic heterocycles. The molecule has 0 aromatic heterocycles. The van der Waals surface area contributed by atoms with Gasteiger partial charge in [0.25, 0.3) is 0 Å². The highest BCUT2D eigenvalue weighted by Gasteiger charge is 2.43. The second kappa shape index (κ2) is 4.81.